The fraction of sp³-hybridized carbons (Fsp3) is 0.419. The van der Waals surface area contributed by atoms with Crippen molar-refractivity contribution in [2.75, 3.05) is 20.3 Å². The van der Waals surface area contributed by atoms with Crippen LogP contribution in [0.2, 0.25) is 0 Å². The molecule has 64 heavy (non-hydrogen) atoms. The Hall–Kier alpha value is -7.29. The summed E-state index contributed by atoms with van der Waals surface area (Å²) in [6.07, 6.45) is 4.84. The van der Waals surface area contributed by atoms with Crippen LogP contribution in [-0.4, -0.2) is 129 Å². The zero-order valence-corrected chi connectivity index (χ0v) is 35.6. The number of aliphatic hydroxyl groups excluding tert-OH is 1. The van der Waals surface area contributed by atoms with Gasteiger partial charge in [0.25, 0.3) is 0 Å². The summed E-state index contributed by atoms with van der Waals surface area (Å²) < 4.78 is 4.79. The zero-order valence-electron chi connectivity index (χ0n) is 35.6. The number of nitrogens with zero attached hydrogens (tertiary/aromatic N) is 1. The number of aliphatic hydroxyl groups is 1. The second kappa shape index (κ2) is 22.7. The molecular formula is C43H54N10O11. The van der Waals surface area contributed by atoms with Gasteiger partial charge in [0, 0.05) is 49.0 Å². The highest BCUT2D eigenvalue weighted by Crippen LogP contribution is 2.20. The quantitative estimate of drug-likeness (QED) is 0.0409. The van der Waals surface area contributed by atoms with E-state index in [1.54, 1.807) is 12.3 Å². The van der Waals surface area contributed by atoms with Crippen molar-refractivity contribution in [2.45, 2.75) is 88.6 Å². The number of hydrogen-bond acceptors (Lipinski definition) is 12. The fourth-order valence-corrected chi connectivity index (χ4v) is 7.09. The second-order valence-corrected chi connectivity index (χ2v) is 15.8. The van der Waals surface area contributed by atoms with Crippen LogP contribution in [0.15, 0.2) is 67.3 Å². The molecule has 21 nitrogen and oxygen atoms in total. The average Bonchev–Trinajstić information content (AvgIpc) is 4.06. The number of amides is 7. The summed E-state index contributed by atoms with van der Waals surface area (Å²) in [6.45, 7) is 2.17. The van der Waals surface area contributed by atoms with Crippen molar-refractivity contribution < 1.29 is 53.3 Å². The maximum atomic E-state index is 14.2. The van der Waals surface area contributed by atoms with E-state index in [1.165, 1.54) is 43.9 Å². The third kappa shape index (κ3) is 13.6. The molecule has 5 rings (SSSR count). The maximum Gasteiger partial charge on any atom is 0.328 e. The van der Waals surface area contributed by atoms with Crippen molar-refractivity contribution in [1.82, 2.24) is 52.2 Å². The first-order valence-electron chi connectivity index (χ1n) is 20.7. The number of H-pyrrole nitrogens is 2. The van der Waals surface area contributed by atoms with Gasteiger partial charge in [-0.2, -0.15) is 0 Å². The lowest BCUT2D eigenvalue weighted by molar-refractivity contribution is -0.145. The van der Waals surface area contributed by atoms with Gasteiger partial charge in [0.05, 0.1) is 32.3 Å². The third-order valence-electron chi connectivity index (χ3n) is 10.4. The second-order valence-electron chi connectivity index (χ2n) is 15.8. The van der Waals surface area contributed by atoms with Gasteiger partial charge in [-0.3, -0.25) is 33.6 Å². The van der Waals surface area contributed by atoms with Crippen molar-refractivity contribution >= 4 is 58.2 Å². The van der Waals surface area contributed by atoms with E-state index in [0.717, 1.165) is 10.9 Å². The van der Waals surface area contributed by atoms with Gasteiger partial charge in [0.1, 0.15) is 42.0 Å². The van der Waals surface area contributed by atoms with Gasteiger partial charge in [0.15, 0.2) is 0 Å². The van der Waals surface area contributed by atoms with Crippen LogP contribution >= 0.6 is 0 Å². The number of phenolic OH excluding ortho intramolecular Hbond substituents is 1. The van der Waals surface area contributed by atoms with Crippen LogP contribution in [0, 0.1) is 5.92 Å². The van der Waals surface area contributed by atoms with Gasteiger partial charge >= 0.3 is 5.97 Å². The first-order chi connectivity index (χ1) is 30.6. The number of methoxy groups -OCH3 is 1. The normalized spacial score (nSPS) is 15.8. The van der Waals surface area contributed by atoms with Crippen LogP contribution in [0.25, 0.3) is 10.9 Å². The Morgan fingerprint density at radius 1 is 0.797 bits per heavy atom. The first kappa shape index (κ1) is 47.8. The van der Waals surface area contributed by atoms with Crippen molar-refractivity contribution in [1.29, 1.82) is 0 Å². The van der Waals surface area contributed by atoms with E-state index in [9.17, 15) is 48.6 Å². The van der Waals surface area contributed by atoms with Crippen molar-refractivity contribution in [3.8, 4) is 5.75 Å². The van der Waals surface area contributed by atoms with Crippen molar-refractivity contribution in [2.24, 2.45) is 5.92 Å². The number of rotatable bonds is 22. The molecule has 342 valence electrons. The van der Waals surface area contributed by atoms with Crippen LogP contribution in [0.1, 0.15) is 49.9 Å². The van der Waals surface area contributed by atoms with Crippen LogP contribution in [0.3, 0.4) is 0 Å². The topological polar surface area (TPSA) is 315 Å². The Morgan fingerprint density at radius 2 is 1.45 bits per heavy atom. The number of hydrogen-bond donors (Lipinski definition) is 11. The van der Waals surface area contributed by atoms with Gasteiger partial charge < -0.3 is 62.1 Å². The summed E-state index contributed by atoms with van der Waals surface area (Å²) >= 11 is 0. The summed E-state index contributed by atoms with van der Waals surface area (Å²) in [6, 6.07) is 5.42. The average molecular weight is 887 g/mol. The van der Waals surface area contributed by atoms with E-state index in [0.29, 0.717) is 16.8 Å². The molecule has 0 unspecified atom stereocenters. The predicted molar refractivity (Wildman–Crippen MR) is 228 cm³/mol. The molecule has 3 heterocycles. The molecule has 0 saturated carbocycles. The number of fused-ring (bicyclic) bond motifs is 1. The molecule has 0 radical (unpaired) electrons. The van der Waals surface area contributed by atoms with Crippen LogP contribution in [0.4, 0.5) is 0 Å². The molecule has 0 aliphatic carbocycles. The minimum Gasteiger partial charge on any atom is -0.508 e. The van der Waals surface area contributed by atoms with Crippen LogP contribution in [-0.2, 0) is 62.4 Å². The van der Waals surface area contributed by atoms with E-state index in [2.05, 4.69) is 52.2 Å². The number of aromatic nitrogens is 3. The molecule has 0 bridgehead atoms. The Labute approximate surface area is 367 Å². The number of nitrogens with one attached hydrogen (secondary N) is 9. The number of carbonyl (C=O) groups is 8. The lowest BCUT2D eigenvalue weighted by atomic mass is 10.0. The lowest BCUT2D eigenvalue weighted by Gasteiger charge is -2.26. The van der Waals surface area contributed by atoms with E-state index in [-0.39, 0.29) is 56.1 Å². The molecule has 0 spiro atoms. The van der Waals surface area contributed by atoms with Gasteiger partial charge in [-0.1, -0.05) is 44.2 Å². The molecule has 7 amide bonds. The molecule has 1 aliphatic rings. The standard InChI is InChI=1S/C43H54N10O11/c1-23(2)14-34(43(63)64-3)49-37(57)20-46-38(58)31(15-24-8-10-27(55)11-9-24)50-42(62)35(21-54)53-40(60)32(16-25-18-45-29-7-5-4-6-28(25)29)51-41(61)33(17-26-19-44-22-47-26)52-39(59)30-12-13-36(56)48-30/h4-11,18-19,22-23,30-35,45,54-55H,12-17,20-21H2,1-3H3,(H,44,47)(H,46,58)(H,48,56)(H,49,57)(H,50,62)(H,51,61)(H,52,59)(H,53,60)/t30-,31-,32-,33-,34-,35-/m0/s1. The zero-order chi connectivity index (χ0) is 46.3. The van der Waals surface area contributed by atoms with E-state index in [1.807, 2.05) is 32.0 Å². The number of ether oxygens (including phenoxy) is 1. The number of carbonyl (C=O) groups excluding carboxylic acids is 8. The molecule has 4 aromatic rings. The summed E-state index contributed by atoms with van der Waals surface area (Å²) in [5.41, 5.74) is 2.25. The lowest BCUT2D eigenvalue weighted by Crippen LogP contribution is -2.60. The number of phenols is 1. The third-order valence-corrected chi connectivity index (χ3v) is 10.4. The Balaban J connectivity index is 1.34. The molecule has 1 fully saturated rings. The van der Waals surface area contributed by atoms with E-state index < -0.39 is 90.8 Å². The van der Waals surface area contributed by atoms with Crippen molar-refractivity contribution in [3.63, 3.8) is 0 Å². The van der Waals surface area contributed by atoms with Crippen LogP contribution in [0.5, 0.6) is 5.75 Å². The number of aromatic amines is 2. The van der Waals surface area contributed by atoms with Gasteiger partial charge in [-0.05, 0) is 48.1 Å². The first-order valence-corrected chi connectivity index (χ1v) is 20.7. The molecule has 1 saturated heterocycles. The highest BCUT2D eigenvalue weighted by atomic mass is 16.5. The Kier molecular flexibility index (Phi) is 16.9. The summed E-state index contributed by atoms with van der Waals surface area (Å²) in [4.78, 5) is 116. The van der Waals surface area contributed by atoms with Gasteiger partial charge in [-0.25, -0.2) is 9.78 Å². The number of imidazole rings is 1. The number of benzene rings is 2. The molecular weight excluding hydrogens is 833 g/mol. The largest absolute Gasteiger partial charge is 0.508 e. The fourth-order valence-electron chi connectivity index (χ4n) is 7.09. The minimum atomic E-state index is -1.67. The molecule has 2 aromatic carbocycles. The molecule has 21 heteroatoms. The predicted octanol–water partition coefficient (Wildman–Crippen LogP) is -1.35. The monoisotopic (exact) mass is 886 g/mol. The maximum absolute atomic E-state index is 14.2. The van der Waals surface area contributed by atoms with Crippen LogP contribution < -0.4 is 37.2 Å². The number of para-hydroxylation sites is 1. The van der Waals surface area contributed by atoms with Gasteiger partial charge in [-0.15, -0.1) is 0 Å². The number of esters is 1. The minimum absolute atomic E-state index is 0.0222. The Bertz CT molecular complexity index is 2280. The summed E-state index contributed by atoms with van der Waals surface area (Å²) in [5.74, 6) is -5.85. The molecule has 11 N–H and O–H groups in total. The van der Waals surface area contributed by atoms with Crippen molar-refractivity contribution in [3.05, 3.63) is 84.1 Å². The summed E-state index contributed by atoms with van der Waals surface area (Å²) in [5, 5.41) is 38.9. The number of aromatic hydroxyl groups is 1. The molecule has 6 atom stereocenters. The van der Waals surface area contributed by atoms with Gasteiger partial charge in [0.2, 0.25) is 41.4 Å². The summed E-state index contributed by atoms with van der Waals surface area (Å²) in [7, 11) is 1.19. The van der Waals surface area contributed by atoms with E-state index >= 15 is 0 Å². The Morgan fingerprint density at radius 3 is 2.08 bits per heavy atom. The smallest absolute Gasteiger partial charge is 0.328 e. The highest BCUT2D eigenvalue weighted by Gasteiger charge is 2.35. The molecule has 2 aromatic heterocycles. The SMILES string of the molecule is COC(=O)[C@H](CC(C)C)NC(=O)CNC(=O)[C@H](Cc1ccc(O)cc1)NC(=O)[C@H](CO)NC(=O)[C@H](Cc1c[nH]c2ccccc12)NC(=O)[C@H](Cc1c[nH]cn1)NC(=O)[C@@H]1CCC(=O)N1. The molecule has 1 aliphatic heterocycles. The van der Waals surface area contributed by atoms with E-state index in [4.69, 9.17) is 4.74 Å². The highest BCUT2D eigenvalue weighted by molar-refractivity contribution is 5.98.